The fourth-order valence-electron chi connectivity index (χ4n) is 2.98. The zero-order valence-corrected chi connectivity index (χ0v) is 12.1. The Balaban J connectivity index is 1.43. The molecule has 2 heterocycles. The quantitative estimate of drug-likeness (QED) is 0.674. The lowest BCUT2D eigenvalue weighted by atomic mass is 10.2. The van der Waals surface area contributed by atoms with Crippen LogP contribution in [0.25, 0.3) is 0 Å². The van der Waals surface area contributed by atoms with Crippen molar-refractivity contribution >= 4 is 17.7 Å². The molecule has 0 aromatic heterocycles. The van der Waals surface area contributed by atoms with Crippen LogP contribution in [0.1, 0.15) is 25.7 Å². The van der Waals surface area contributed by atoms with Gasteiger partial charge in [0.15, 0.2) is 0 Å². The van der Waals surface area contributed by atoms with E-state index >= 15 is 0 Å². The molecule has 21 heavy (non-hydrogen) atoms. The maximum Gasteiger partial charge on any atom is 0.242 e. The summed E-state index contributed by atoms with van der Waals surface area (Å²) in [4.78, 5) is 39.3. The molecule has 3 aliphatic rings. The number of nitrogens with one attached hydrogen (secondary N) is 2. The van der Waals surface area contributed by atoms with Gasteiger partial charge in [0.2, 0.25) is 17.7 Å². The fraction of sp³-hybridized carbons (Fsp3) is 0.786. The van der Waals surface area contributed by atoms with Gasteiger partial charge in [-0.2, -0.15) is 0 Å². The lowest BCUT2D eigenvalue weighted by molar-refractivity contribution is -0.145. The maximum atomic E-state index is 12.1. The van der Waals surface area contributed by atoms with Gasteiger partial charge in [-0.1, -0.05) is 0 Å². The van der Waals surface area contributed by atoms with E-state index < -0.39 is 0 Å². The Morgan fingerprint density at radius 3 is 2.67 bits per heavy atom. The summed E-state index contributed by atoms with van der Waals surface area (Å²) in [5.41, 5.74) is 0. The zero-order chi connectivity index (χ0) is 14.8. The predicted octanol–water partition coefficient (Wildman–Crippen LogP) is -1.31. The topological polar surface area (TPSA) is 81.8 Å². The molecule has 0 aromatic carbocycles. The molecule has 7 nitrogen and oxygen atoms in total. The summed E-state index contributed by atoms with van der Waals surface area (Å²) in [6, 6.07) is 0.231. The third kappa shape index (κ3) is 3.34. The van der Waals surface area contributed by atoms with Gasteiger partial charge in [0, 0.05) is 19.1 Å². The Kier molecular flexibility index (Phi) is 4.10. The monoisotopic (exact) mass is 294 g/mol. The summed E-state index contributed by atoms with van der Waals surface area (Å²) >= 11 is 0. The first-order valence-corrected chi connectivity index (χ1v) is 7.73. The average molecular weight is 294 g/mol. The highest BCUT2D eigenvalue weighted by Gasteiger charge is 2.36. The number of hydrogen-bond donors (Lipinski definition) is 2. The van der Waals surface area contributed by atoms with Crippen molar-refractivity contribution in [3.63, 3.8) is 0 Å². The van der Waals surface area contributed by atoms with Crippen molar-refractivity contribution in [2.75, 3.05) is 32.7 Å². The van der Waals surface area contributed by atoms with E-state index in [-0.39, 0.29) is 36.9 Å². The van der Waals surface area contributed by atoms with Gasteiger partial charge < -0.3 is 20.4 Å². The lowest BCUT2D eigenvalue weighted by Crippen LogP contribution is -2.55. The molecule has 1 unspecified atom stereocenters. The smallest absolute Gasteiger partial charge is 0.242 e. The summed E-state index contributed by atoms with van der Waals surface area (Å²) in [7, 11) is 0. The SMILES string of the molecule is O=C(NCC(=O)N1CCN(C2CC2)C(=O)C1)C1CCCN1. The van der Waals surface area contributed by atoms with Crippen molar-refractivity contribution in [1.29, 1.82) is 0 Å². The van der Waals surface area contributed by atoms with Crippen LogP contribution in [0.15, 0.2) is 0 Å². The minimum Gasteiger partial charge on any atom is -0.346 e. The molecule has 7 heteroatoms. The van der Waals surface area contributed by atoms with Crippen molar-refractivity contribution < 1.29 is 14.4 Å². The molecule has 1 atom stereocenters. The van der Waals surface area contributed by atoms with Gasteiger partial charge >= 0.3 is 0 Å². The minimum atomic E-state index is -0.176. The first-order valence-electron chi connectivity index (χ1n) is 7.73. The average Bonchev–Trinajstić information content (AvgIpc) is 3.17. The van der Waals surface area contributed by atoms with E-state index in [1.165, 1.54) is 0 Å². The van der Waals surface area contributed by atoms with Gasteiger partial charge in [0.25, 0.3) is 0 Å². The highest BCUT2D eigenvalue weighted by molar-refractivity contribution is 5.90. The standard InChI is InChI=1S/C14H22N4O3/c19-12(8-16-14(21)11-2-1-5-15-11)17-6-7-18(10-3-4-10)13(20)9-17/h10-11,15H,1-9H2,(H,16,21). The van der Waals surface area contributed by atoms with E-state index in [1.807, 2.05) is 4.90 Å². The predicted molar refractivity (Wildman–Crippen MR) is 75.3 cm³/mol. The van der Waals surface area contributed by atoms with E-state index in [0.29, 0.717) is 19.1 Å². The minimum absolute atomic E-state index is 0.0201. The van der Waals surface area contributed by atoms with Crippen LogP contribution in [-0.4, -0.2) is 72.3 Å². The Morgan fingerprint density at radius 1 is 1.24 bits per heavy atom. The number of carbonyl (C=O) groups excluding carboxylic acids is 3. The molecule has 1 saturated carbocycles. The largest absolute Gasteiger partial charge is 0.346 e. The molecule has 0 aromatic rings. The third-order valence-corrected chi connectivity index (χ3v) is 4.39. The number of rotatable bonds is 4. The van der Waals surface area contributed by atoms with E-state index in [4.69, 9.17) is 0 Å². The van der Waals surface area contributed by atoms with Crippen molar-refractivity contribution in [2.24, 2.45) is 0 Å². The summed E-state index contributed by atoms with van der Waals surface area (Å²) in [6.45, 7) is 2.16. The van der Waals surface area contributed by atoms with Crippen LogP contribution in [0, 0.1) is 0 Å². The number of carbonyl (C=O) groups is 3. The van der Waals surface area contributed by atoms with Gasteiger partial charge in [-0.15, -0.1) is 0 Å². The molecule has 116 valence electrons. The number of piperazine rings is 1. The van der Waals surface area contributed by atoms with Crippen LogP contribution in [0.5, 0.6) is 0 Å². The van der Waals surface area contributed by atoms with Gasteiger partial charge in [-0.3, -0.25) is 14.4 Å². The molecule has 3 fully saturated rings. The van der Waals surface area contributed by atoms with E-state index in [0.717, 1.165) is 32.2 Å². The molecule has 3 rings (SSSR count). The number of hydrogen-bond acceptors (Lipinski definition) is 4. The second kappa shape index (κ2) is 6.01. The first-order chi connectivity index (χ1) is 10.1. The molecule has 1 aliphatic carbocycles. The van der Waals surface area contributed by atoms with Gasteiger partial charge in [0.05, 0.1) is 19.1 Å². The summed E-state index contributed by atoms with van der Waals surface area (Å²) in [5, 5.41) is 5.76. The second-order valence-electron chi connectivity index (χ2n) is 6.00. The second-order valence-corrected chi connectivity index (χ2v) is 6.00. The van der Waals surface area contributed by atoms with Crippen molar-refractivity contribution in [2.45, 2.75) is 37.8 Å². The molecular formula is C14H22N4O3. The van der Waals surface area contributed by atoms with Crippen molar-refractivity contribution in [3.05, 3.63) is 0 Å². The summed E-state index contributed by atoms with van der Waals surface area (Å²) in [5.74, 6) is -0.269. The molecule has 2 saturated heterocycles. The van der Waals surface area contributed by atoms with E-state index in [9.17, 15) is 14.4 Å². The van der Waals surface area contributed by atoms with Gasteiger partial charge in [-0.25, -0.2) is 0 Å². The first kappa shape index (κ1) is 14.3. The molecule has 0 radical (unpaired) electrons. The number of nitrogens with zero attached hydrogens (tertiary/aromatic N) is 2. The Labute approximate surface area is 124 Å². The van der Waals surface area contributed by atoms with Gasteiger partial charge in [-0.05, 0) is 32.2 Å². The Hall–Kier alpha value is -1.63. The van der Waals surface area contributed by atoms with Crippen LogP contribution in [0.2, 0.25) is 0 Å². The normalized spacial score (nSPS) is 26.1. The molecule has 3 amide bonds. The van der Waals surface area contributed by atoms with Gasteiger partial charge in [0.1, 0.15) is 0 Å². The Morgan fingerprint density at radius 2 is 2.05 bits per heavy atom. The molecular weight excluding hydrogens is 272 g/mol. The molecule has 0 bridgehead atoms. The molecule has 2 aliphatic heterocycles. The molecule has 2 N–H and O–H groups in total. The van der Waals surface area contributed by atoms with Crippen molar-refractivity contribution in [1.82, 2.24) is 20.4 Å². The van der Waals surface area contributed by atoms with E-state index in [1.54, 1.807) is 4.90 Å². The maximum absolute atomic E-state index is 12.1. The summed E-state index contributed by atoms with van der Waals surface area (Å²) < 4.78 is 0. The van der Waals surface area contributed by atoms with Crippen LogP contribution >= 0.6 is 0 Å². The third-order valence-electron chi connectivity index (χ3n) is 4.39. The summed E-state index contributed by atoms with van der Waals surface area (Å²) in [6.07, 6.45) is 3.98. The van der Waals surface area contributed by atoms with Crippen LogP contribution in [0.3, 0.4) is 0 Å². The zero-order valence-electron chi connectivity index (χ0n) is 12.1. The highest BCUT2D eigenvalue weighted by atomic mass is 16.2. The Bertz CT molecular complexity index is 444. The fourth-order valence-corrected chi connectivity index (χ4v) is 2.98. The highest BCUT2D eigenvalue weighted by Crippen LogP contribution is 2.27. The van der Waals surface area contributed by atoms with E-state index in [2.05, 4.69) is 10.6 Å². The lowest BCUT2D eigenvalue weighted by Gasteiger charge is -2.34. The molecule has 0 spiro atoms. The van der Waals surface area contributed by atoms with Crippen LogP contribution in [-0.2, 0) is 14.4 Å². The van der Waals surface area contributed by atoms with Crippen LogP contribution in [0.4, 0.5) is 0 Å². The number of amides is 3. The van der Waals surface area contributed by atoms with Crippen LogP contribution < -0.4 is 10.6 Å². The van der Waals surface area contributed by atoms with Crippen molar-refractivity contribution in [3.8, 4) is 0 Å².